The van der Waals surface area contributed by atoms with Crippen LogP contribution in [0.5, 0.6) is 0 Å². The second-order valence-corrected chi connectivity index (χ2v) is 7.78. The summed E-state index contributed by atoms with van der Waals surface area (Å²) >= 11 is 0. The van der Waals surface area contributed by atoms with Gasteiger partial charge >= 0.3 is 13.1 Å². The van der Waals surface area contributed by atoms with Crippen molar-refractivity contribution >= 4 is 24.9 Å². The molecule has 1 fully saturated rings. The summed E-state index contributed by atoms with van der Waals surface area (Å²) in [7, 11) is 1.42. The van der Waals surface area contributed by atoms with Crippen molar-refractivity contribution in [3.8, 4) is 0 Å². The number of carboxylic acids is 1. The minimum atomic E-state index is -0.970. The molecule has 0 aliphatic carbocycles. The Labute approximate surface area is 161 Å². The summed E-state index contributed by atoms with van der Waals surface area (Å²) in [6.07, 6.45) is 1.84. The van der Waals surface area contributed by atoms with E-state index in [1.165, 1.54) is 0 Å². The van der Waals surface area contributed by atoms with Gasteiger partial charge in [0.2, 0.25) is 0 Å². The average molecular weight is 373 g/mol. The van der Waals surface area contributed by atoms with Crippen molar-refractivity contribution < 1.29 is 24.0 Å². The molecule has 2 rings (SSSR count). The van der Waals surface area contributed by atoms with Crippen LogP contribution in [0.4, 0.5) is 0 Å². The van der Waals surface area contributed by atoms with Crippen molar-refractivity contribution in [3.05, 3.63) is 40.9 Å². The Morgan fingerprint density at radius 3 is 2.11 bits per heavy atom. The van der Waals surface area contributed by atoms with Gasteiger partial charge in [0.15, 0.2) is 5.78 Å². The van der Waals surface area contributed by atoms with Crippen LogP contribution >= 0.6 is 0 Å². The van der Waals surface area contributed by atoms with Crippen LogP contribution in [0.3, 0.4) is 0 Å². The van der Waals surface area contributed by atoms with Gasteiger partial charge < -0.3 is 19.7 Å². The van der Waals surface area contributed by atoms with Crippen molar-refractivity contribution in [1.82, 2.24) is 5.32 Å². The predicted molar refractivity (Wildman–Crippen MR) is 106 cm³/mol. The van der Waals surface area contributed by atoms with Crippen LogP contribution in [0.1, 0.15) is 56.5 Å². The van der Waals surface area contributed by atoms with Crippen molar-refractivity contribution in [2.45, 2.75) is 51.7 Å². The van der Waals surface area contributed by atoms with E-state index < -0.39 is 24.3 Å². The number of likely N-dealkylation sites (N-methyl/N-ethyl adjacent to an activating group) is 1. The first-order valence-electron chi connectivity index (χ1n) is 9.11. The Hall–Kier alpha value is -1.96. The van der Waals surface area contributed by atoms with Crippen molar-refractivity contribution in [1.29, 1.82) is 0 Å². The minimum absolute atomic E-state index is 0.00342. The van der Waals surface area contributed by atoms with Gasteiger partial charge in [0.25, 0.3) is 0 Å². The number of ketones is 1. The van der Waals surface area contributed by atoms with Crippen LogP contribution in [0.2, 0.25) is 0 Å². The smallest absolute Gasteiger partial charge is 0.481 e. The Morgan fingerprint density at radius 2 is 1.63 bits per heavy atom. The molecule has 0 unspecified atom stereocenters. The Morgan fingerprint density at radius 1 is 1.07 bits per heavy atom. The molecular weight excluding hydrogens is 345 g/mol. The van der Waals surface area contributed by atoms with Crippen LogP contribution < -0.4 is 5.32 Å². The van der Waals surface area contributed by atoms with E-state index in [1.54, 1.807) is 12.1 Å². The number of aliphatic carboxylic acids is 1. The van der Waals surface area contributed by atoms with E-state index in [4.69, 9.17) is 14.4 Å². The highest BCUT2D eigenvalue weighted by Crippen LogP contribution is 2.38. The third kappa shape index (κ3) is 5.28. The fraction of sp³-hybridized carbons (Fsp3) is 0.500. The Kier molecular flexibility index (Phi) is 6.62. The molecule has 1 aromatic carbocycles. The lowest BCUT2D eigenvalue weighted by atomic mass is 9.77. The van der Waals surface area contributed by atoms with Crippen LogP contribution in [-0.4, -0.2) is 48.8 Å². The molecule has 1 aliphatic rings. The third-order valence-corrected chi connectivity index (χ3v) is 5.09. The van der Waals surface area contributed by atoms with Gasteiger partial charge in [0.05, 0.1) is 17.6 Å². The highest BCUT2D eigenvalue weighted by Gasteiger charge is 2.52. The summed E-state index contributed by atoms with van der Waals surface area (Å²) < 4.78 is 12.3. The van der Waals surface area contributed by atoms with Crippen LogP contribution in [0.15, 0.2) is 29.7 Å². The van der Waals surface area contributed by atoms with E-state index in [2.05, 4.69) is 5.32 Å². The molecule has 6 nitrogen and oxygen atoms in total. The molecule has 0 radical (unpaired) electrons. The quantitative estimate of drug-likeness (QED) is 0.538. The molecule has 1 saturated heterocycles. The summed E-state index contributed by atoms with van der Waals surface area (Å²) in [5.41, 5.74) is 1.57. The molecule has 1 aliphatic heterocycles. The fourth-order valence-corrected chi connectivity index (χ4v) is 2.75. The first-order chi connectivity index (χ1) is 12.6. The lowest BCUT2D eigenvalue weighted by molar-refractivity contribution is -0.136. The van der Waals surface area contributed by atoms with Gasteiger partial charge in [-0.25, -0.2) is 0 Å². The summed E-state index contributed by atoms with van der Waals surface area (Å²) in [5, 5.41) is 11.8. The van der Waals surface area contributed by atoms with Gasteiger partial charge in [-0.2, -0.15) is 0 Å². The number of hydrogen-bond acceptors (Lipinski definition) is 5. The van der Waals surface area contributed by atoms with Gasteiger partial charge in [0.1, 0.15) is 0 Å². The van der Waals surface area contributed by atoms with Crippen LogP contribution in [0, 0.1) is 0 Å². The molecule has 1 heterocycles. The number of rotatable bonds is 8. The van der Waals surface area contributed by atoms with Gasteiger partial charge in [-0.05, 0) is 45.8 Å². The number of Topliss-reactive ketones (excluding diaryl/α,β-unsaturated/α-hetero) is 1. The highest BCUT2D eigenvalue weighted by atomic mass is 16.7. The molecule has 0 amide bonds. The summed E-state index contributed by atoms with van der Waals surface area (Å²) in [4.78, 5) is 22.6. The number of hydrogen-bond donors (Lipinski definition) is 2. The number of carbonyl (C=O) groups excluding carboxylic acids is 1. The molecule has 0 saturated carbocycles. The van der Waals surface area contributed by atoms with E-state index in [9.17, 15) is 9.59 Å². The molecule has 0 atom stereocenters. The molecule has 146 valence electrons. The van der Waals surface area contributed by atoms with E-state index in [0.29, 0.717) is 12.1 Å². The average Bonchev–Trinajstić information content (AvgIpc) is 2.80. The zero-order valence-electron chi connectivity index (χ0n) is 16.7. The second-order valence-electron chi connectivity index (χ2n) is 7.78. The monoisotopic (exact) mass is 373 g/mol. The molecule has 27 heavy (non-hydrogen) atoms. The maximum atomic E-state index is 12.0. The van der Waals surface area contributed by atoms with E-state index in [0.717, 1.165) is 11.0 Å². The molecule has 0 spiro atoms. The normalized spacial score (nSPS) is 18.6. The lowest BCUT2D eigenvalue weighted by Crippen LogP contribution is -2.41. The molecule has 7 heteroatoms. The number of carbonyl (C=O) groups is 2. The van der Waals surface area contributed by atoms with Crippen molar-refractivity contribution in [3.63, 3.8) is 0 Å². The van der Waals surface area contributed by atoms with E-state index >= 15 is 0 Å². The first-order valence-corrected chi connectivity index (χ1v) is 9.11. The highest BCUT2D eigenvalue weighted by molar-refractivity contribution is 6.55. The maximum absolute atomic E-state index is 12.0. The van der Waals surface area contributed by atoms with Gasteiger partial charge in [0, 0.05) is 18.5 Å². The summed E-state index contributed by atoms with van der Waals surface area (Å²) in [6.45, 7) is 8.67. The van der Waals surface area contributed by atoms with Crippen LogP contribution in [-0.2, 0) is 14.1 Å². The van der Waals surface area contributed by atoms with Gasteiger partial charge in [-0.15, -0.1) is 0 Å². The fourth-order valence-electron chi connectivity index (χ4n) is 2.75. The van der Waals surface area contributed by atoms with Gasteiger partial charge in [-0.1, -0.05) is 30.3 Å². The molecule has 0 bridgehead atoms. The summed E-state index contributed by atoms with van der Waals surface area (Å²) in [6, 6.07) is 7.12. The minimum Gasteiger partial charge on any atom is -0.481 e. The first kappa shape index (κ1) is 21.3. The van der Waals surface area contributed by atoms with Crippen molar-refractivity contribution in [2.75, 3.05) is 13.6 Å². The summed E-state index contributed by atoms with van der Waals surface area (Å²) in [5.74, 6) is -1.14. The predicted octanol–water partition coefficient (Wildman–Crippen LogP) is 2.97. The molecule has 1 aromatic rings. The Balaban J connectivity index is 2.16. The molecule has 0 aromatic heterocycles. The topological polar surface area (TPSA) is 84.9 Å². The van der Waals surface area contributed by atoms with Crippen molar-refractivity contribution in [2.24, 2.45) is 0 Å². The van der Waals surface area contributed by atoms with E-state index in [1.807, 2.05) is 53.0 Å². The molecule has 2 N–H and O–H groups in total. The second kappa shape index (κ2) is 8.38. The van der Waals surface area contributed by atoms with E-state index in [-0.39, 0.29) is 18.6 Å². The largest absolute Gasteiger partial charge is 0.491 e. The molecular formula is C20H28BNO5. The number of nitrogens with one attached hydrogen (secondary N) is 1. The zero-order valence-corrected chi connectivity index (χ0v) is 16.7. The SMILES string of the molecule is CNCC(=Cc1ccc(C(=O)CCC(=O)O)cc1)B1OC(C)(C)C(C)(C)O1. The zero-order chi connectivity index (χ0) is 20.2. The number of benzene rings is 1. The van der Waals surface area contributed by atoms with Crippen LogP contribution in [0.25, 0.3) is 6.08 Å². The van der Waals surface area contributed by atoms with Gasteiger partial charge in [-0.3, -0.25) is 9.59 Å². The number of carboxylic acid groups (broad SMARTS) is 1. The lowest BCUT2D eigenvalue weighted by Gasteiger charge is -2.32. The maximum Gasteiger partial charge on any atom is 0.491 e. The third-order valence-electron chi connectivity index (χ3n) is 5.09. The standard InChI is InChI=1S/C20H28BNO5/c1-19(2)20(3,4)27-21(26-19)16(13-22-5)12-14-6-8-15(9-7-14)17(23)10-11-18(24)25/h6-9,12,22H,10-11,13H2,1-5H3,(H,24,25). The Bertz CT molecular complexity index is 708.